The number of carbonyl (C=O) groups is 2. The lowest BCUT2D eigenvalue weighted by molar-refractivity contribution is -0.117. The average molecular weight is 567 g/mol. The Morgan fingerprint density at radius 1 is 1.02 bits per heavy atom. The number of ketones is 1. The Balaban J connectivity index is 1.39. The summed E-state index contributed by atoms with van der Waals surface area (Å²) in [5, 5.41) is 12.0. The van der Waals surface area contributed by atoms with Crippen LogP contribution < -0.4 is 14.4 Å². The fourth-order valence-corrected chi connectivity index (χ4v) is 5.15. The maximum Gasteiger partial charge on any atom is 0.294 e. The molecule has 8 nitrogen and oxygen atoms in total. The largest absolute Gasteiger partial charge is 0.503 e. The number of furan rings is 1. The fourth-order valence-electron chi connectivity index (χ4n) is 4.93. The second-order valence-corrected chi connectivity index (χ2v) is 9.94. The van der Waals surface area contributed by atoms with Gasteiger partial charge in [-0.2, -0.15) is 0 Å². The summed E-state index contributed by atoms with van der Waals surface area (Å²) in [6.45, 7) is 1.98. The number of nitrogens with zero attached hydrogens (tertiary/aromatic N) is 2. The van der Waals surface area contributed by atoms with Crippen molar-refractivity contribution in [2.24, 2.45) is 0 Å². The van der Waals surface area contributed by atoms with E-state index in [4.69, 9.17) is 25.5 Å². The molecule has 0 aliphatic carbocycles. The summed E-state index contributed by atoms with van der Waals surface area (Å²) in [5.41, 5.74) is 2.24. The Morgan fingerprint density at radius 2 is 1.83 bits per heavy atom. The number of hydrogen-bond acceptors (Lipinski definition) is 7. The minimum absolute atomic E-state index is 0.0763. The standard InChI is InChI=1S/C32H23ClN2O6/c1-18-5-3-7-24(13-18)40-23-10-8-22(9-11-23)35-28(19-6-4-12-34-17-19)27(30(37)32(35)38)29(36)25-15-20-14-21(33)16-26(39-2)31(20)41-25/h3-17,28,37H,1-2H3. The summed E-state index contributed by atoms with van der Waals surface area (Å²) < 4.78 is 17.2. The second-order valence-electron chi connectivity index (χ2n) is 9.50. The molecule has 1 aliphatic heterocycles. The SMILES string of the molecule is COc1cc(Cl)cc2cc(C(=O)C3=C(O)C(=O)N(c4ccc(Oc5cccc(C)c5)cc4)C3c3cccnc3)oc12. The Labute approximate surface area is 240 Å². The molecular formula is C32H23ClN2O6. The molecule has 1 aliphatic rings. The number of benzene rings is 3. The first-order chi connectivity index (χ1) is 19.8. The van der Waals surface area contributed by atoms with E-state index in [0.29, 0.717) is 44.5 Å². The van der Waals surface area contributed by atoms with Gasteiger partial charge < -0.3 is 19.0 Å². The van der Waals surface area contributed by atoms with E-state index in [0.717, 1.165) is 5.56 Å². The van der Waals surface area contributed by atoms with E-state index in [9.17, 15) is 14.7 Å². The molecule has 0 fully saturated rings. The van der Waals surface area contributed by atoms with E-state index in [-0.39, 0.29) is 11.3 Å². The van der Waals surface area contributed by atoms with Crippen molar-refractivity contribution in [1.29, 1.82) is 0 Å². The molecule has 0 radical (unpaired) electrons. The van der Waals surface area contributed by atoms with Crippen molar-refractivity contribution in [1.82, 2.24) is 4.98 Å². The minimum Gasteiger partial charge on any atom is -0.503 e. The lowest BCUT2D eigenvalue weighted by Crippen LogP contribution is -2.31. The summed E-state index contributed by atoms with van der Waals surface area (Å²) in [5.74, 6) is -0.536. The van der Waals surface area contributed by atoms with E-state index in [2.05, 4.69) is 4.98 Å². The molecule has 2 aromatic heterocycles. The van der Waals surface area contributed by atoms with Gasteiger partial charge in [-0.05, 0) is 72.6 Å². The number of amides is 1. The molecule has 0 saturated heterocycles. The summed E-state index contributed by atoms with van der Waals surface area (Å²) in [6.07, 6.45) is 3.13. The minimum atomic E-state index is -0.967. The Bertz CT molecular complexity index is 1830. The van der Waals surface area contributed by atoms with Gasteiger partial charge in [0.15, 0.2) is 22.9 Å². The van der Waals surface area contributed by atoms with Gasteiger partial charge in [0.05, 0.1) is 18.7 Å². The number of aliphatic hydroxyl groups is 1. The summed E-state index contributed by atoms with van der Waals surface area (Å²) in [4.78, 5) is 32.9. The monoisotopic (exact) mass is 566 g/mol. The normalized spacial score (nSPS) is 15.0. The highest BCUT2D eigenvalue weighted by Crippen LogP contribution is 2.43. The molecule has 6 rings (SSSR count). The van der Waals surface area contributed by atoms with E-state index < -0.39 is 23.5 Å². The molecule has 9 heteroatoms. The van der Waals surface area contributed by atoms with Crippen molar-refractivity contribution in [3.8, 4) is 17.2 Å². The second kappa shape index (κ2) is 10.5. The number of anilines is 1. The number of Topliss-reactive ketones (excluding diaryl/α,β-unsaturated/α-hetero) is 1. The molecule has 0 saturated carbocycles. The predicted molar refractivity (Wildman–Crippen MR) is 154 cm³/mol. The van der Waals surface area contributed by atoms with Crippen LogP contribution in [0.4, 0.5) is 5.69 Å². The van der Waals surface area contributed by atoms with Crippen molar-refractivity contribution in [2.75, 3.05) is 12.0 Å². The Kier molecular flexibility index (Phi) is 6.69. The number of rotatable bonds is 7. The summed E-state index contributed by atoms with van der Waals surface area (Å²) >= 11 is 6.19. The van der Waals surface area contributed by atoms with Crippen molar-refractivity contribution < 1.29 is 28.6 Å². The summed E-state index contributed by atoms with van der Waals surface area (Å²) in [6, 6.07) is 21.7. The van der Waals surface area contributed by atoms with Crippen LogP contribution in [-0.2, 0) is 4.79 Å². The third kappa shape index (κ3) is 4.79. The number of ether oxygens (including phenoxy) is 2. The van der Waals surface area contributed by atoms with Gasteiger partial charge in [-0.1, -0.05) is 29.8 Å². The number of methoxy groups -OCH3 is 1. The third-order valence-corrected chi connectivity index (χ3v) is 7.00. The number of hydrogen-bond donors (Lipinski definition) is 1. The molecule has 1 atom stereocenters. The van der Waals surface area contributed by atoms with Crippen molar-refractivity contribution in [3.63, 3.8) is 0 Å². The molecule has 1 amide bonds. The van der Waals surface area contributed by atoms with Gasteiger partial charge in [0.1, 0.15) is 11.5 Å². The number of carbonyl (C=O) groups excluding carboxylic acids is 2. The molecule has 1 N–H and O–H groups in total. The van der Waals surface area contributed by atoms with E-state index in [1.165, 1.54) is 18.1 Å². The lowest BCUT2D eigenvalue weighted by atomic mass is 9.96. The number of aryl methyl sites for hydroxylation is 1. The zero-order valence-corrected chi connectivity index (χ0v) is 22.8. The van der Waals surface area contributed by atoms with Gasteiger partial charge in [-0.15, -0.1) is 0 Å². The first-order valence-corrected chi connectivity index (χ1v) is 13.0. The van der Waals surface area contributed by atoms with Crippen LogP contribution in [0, 0.1) is 6.92 Å². The highest BCUT2D eigenvalue weighted by Gasteiger charge is 2.45. The predicted octanol–water partition coefficient (Wildman–Crippen LogP) is 7.37. The first kappa shape index (κ1) is 26.2. The van der Waals surface area contributed by atoms with Crippen LogP contribution in [-0.4, -0.2) is 28.9 Å². The van der Waals surface area contributed by atoms with Gasteiger partial charge >= 0.3 is 0 Å². The molecule has 3 aromatic carbocycles. The number of aliphatic hydroxyl groups excluding tert-OH is 1. The molecule has 0 bridgehead atoms. The van der Waals surface area contributed by atoms with E-state index in [1.54, 1.807) is 60.9 Å². The van der Waals surface area contributed by atoms with Crippen molar-refractivity contribution >= 4 is 39.9 Å². The Hall–Kier alpha value is -5.08. The van der Waals surface area contributed by atoms with Crippen LogP contribution in [0.15, 0.2) is 107 Å². The third-order valence-electron chi connectivity index (χ3n) is 6.78. The Morgan fingerprint density at radius 3 is 2.54 bits per heavy atom. The van der Waals surface area contributed by atoms with Crippen LogP contribution >= 0.6 is 11.6 Å². The van der Waals surface area contributed by atoms with Gasteiger partial charge in [0.2, 0.25) is 5.78 Å². The van der Waals surface area contributed by atoms with Crippen molar-refractivity contribution in [2.45, 2.75) is 13.0 Å². The van der Waals surface area contributed by atoms with Gasteiger partial charge in [0.25, 0.3) is 5.91 Å². The van der Waals surface area contributed by atoms with Crippen LogP contribution in [0.25, 0.3) is 11.0 Å². The van der Waals surface area contributed by atoms with Gasteiger partial charge in [0, 0.05) is 34.6 Å². The molecule has 41 heavy (non-hydrogen) atoms. The molecule has 1 unspecified atom stereocenters. The van der Waals surface area contributed by atoms with Crippen molar-refractivity contribution in [3.05, 3.63) is 124 Å². The molecular weight excluding hydrogens is 544 g/mol. The summed E-state index contributed by atoms with van der Waals surface area (Å²) in [7, 11) is 1.46. The van der Waals surface area contributed by atoms with Crippen LogP contribution in [0.2, 0.25) is 5.02 Å². The number of pyridine rings is 1. The fraction of sp³-hybridized carbons (Fsp3) is 0.0938. The van der Waals surface area contributed by atoms with Gasteiger partial charge in [-0.3, -0.25) is 19.5 Å². The van der Waals surface area contributed by atoms with E-state index in [1.807, 2.05) is 31.2 Å². The molecule has 3 heterocycles. The zero-order valence-electron chi connectivity index (χ0n) is 22.0. The lowest BCUT2D eigenvalue weighted by Gasteiger charge is -2.26. The van der Waals surface area contributed by atoms with Crippen LogP contribution in [0.1, 0.15) is 27.7 Å². The van der Waals surface area contributed by atoms with Gasteiger partial charge in [-0.25, -0.2) is 0 Å². The van der Waals surface area contributed by atoms with Crippen LogP contribution in [0.3, 0.4) is 0 Å². The molecule has 204 valence electrons. The number of fused-ring (bicyclic) bond motifs is 1. The average Bonchev–Trinajstić information content (AvgIpc) is 3.52. The van der Waals surface area contributed by atoms with E-state index >= 15 is 0 Å². The molecule has 5 aromatic rings. The number of aromatic nitrogens is 1. The highest BCUT2D eigenvalue weighted by molar-refractivity contribution is 6.31. The first-order valence-electron chi connectivity index (χ1n) is 12.7. The zero-order chi connectivity index (χ0) is 28.7. The highest BCUT2D eigenvalue weighted by atomic mass is 35.5. The number of halogens is 1. The maximum absolute atomic E-state index is 13.9. The van der Waals surface area contributed by atoms with Crippen LogP contribution in [0.5, 0.6) is 17.2 Å². The quantitative estimate of drug-likeness (QED) is 0.205. The topological polar surface area (TPSA) is 102 Å². The smallest absolute Gasteiger partial charge is 0.294 e. The molecule has 0 spiro atoms. The maximum atomic E-state index is 13.9.